The molecule has 0 spiro atoms. The average molecular weight is 216 g/mol. The van der Waals surface area contributed by atoms with Crippen LogP contribution in [0.15, 0.2) is 0 Å². The van der Waals surface area contributed by atoms with E-state index in [1.807, 2.05) is 0 Å². The zero-order valence-corrected chi connectivity index (χ0v) is 9.31. The summed E-state index contributed by atoms with van der Waals surface area (Å²) in [4.78, 5) is 0. The fourth-order valence-electron chi connectivity index (χ4n) is 1.31. The van der Waals surface area contributed by atoms with Crippen LogP contribution >= 0.6 is 0 Å². The minimum atomic E-state index is 0.375. The molecular formula is C11H20O4. The average Bonchev–Trinajstić information content (AvgIpc) is 3.06. The third-order valence-electron chi connectivity index (χ3n) is 2.57. The molecule has 0 saturated carbocycles. The summed E-state index contributed by atoms with van der Waals surface area (Å²) in [5, 5.41) is 0. The summed E-state index contributed by atoms with van der Waals surface area (Å²) in [5.74, 6) is 0.559. The Balaban J connectivity index is 1.35. The van der Waals surface area contributed by atoms with Crippen molar-refractivity contribution in [1.82, 2.24) is 0 Å². The van der Waals surface area contributed by atoms with E-state index in [-0.39, 0.29) is 0 Å². The summed E-state index contributed by atoms with van der Waals surface area (Å²) in [7, 11) is 0. The molecule has 2 rings (SSSR count). The molecule has 2 fully saturated rings. The first-order valence-electron chi connectivity index (χ1n) is 5.73. The largest absolute Gasteiger partial charge is 0.379 e. The quantitative estimate of drug-likeness (QED) is 0.423. The standard InChI is InChI=1S/C11H20O4/c1-9(4-13-6-11-8-15-11)2-3-12-5-10-7-14-10/h9-11H,2-8H2,1H3. The van der Waals surface area contributed by atoms with Crippen molar-refractivity contribution in [2.75, 3.05) is 39.6 Å². The Bertz CT molecular complexity index is 177. The van der Waals surface area contributed by atoms with Crippen molar-refractivity contribution in [1.29, 1.82) is 0 Å². The van der Waals surface area contributed by atoms with Gasteiger partial charge in [-0.2, -0.15) is 0 Å². The van der Waals surface area contributed by atoms with Gasteiger partial charge in [0.25, 0.3) is 0 Å². The molecule has 88 valence electrons. The monoisotopic (exact) mass is 216 g/mol. The van der Waals surface area contributed by atoms with Gasteiger partial charge in [-0.25, -0.2) is 0 Å². The van der Waals surface area contributed by atoms with Crippen LogP contribution in [0.3, 0.4) is 0 Å². The maximum atomic E-state index is 5.50. The van der Waals surface area contributed by atoms with Crippen molar-refractivity contribution in [2.24, 2.45) is 5.92 Å². The normalized spacial score (nSPS) is 30.2. The van der Waals surface area contributed by atoms with Crippen molar-refractivity contribution in [2.45, 2.75) is 25.6 Å². The fourth-order valence-corrected chi connectivity index (χ4v) is 1.31. The Morgan fingerprint density at radius 1 is 1.13 bits per heavy atom. The first-order chi connectivity index (χ1) is 7.34. The van der Waals surface area contributed by atoms with E-state index in [0.29, 0.717) is 18.1 Å². The first kappa shape index (κ1) is 11.3. The molecule has 0 aromatic heterocycles. The smallest absolute Gasteiger partial charge is 0.104 e. The SMILES string of the molecule is CC(CCOCC1CO1)COCC1CO1. The van der Waals surface area contributed by atoms with Crippen LogP contribution in [0.2, 0.25) is 0 Å². The van der Waals surface area contributed by atoms with Crippen LogP contribution in [0.1, 0.15) is 13.3 Å². The molecule has 0 bridgehead atoms. The minimum absolute atomic E-state index is 0.375. The Kier molecular flexibility index (Phi) is 4.38. The third kappa shape index (κ3) is 5.47. The number of hydrogen-bond donors (Lipinski definition) is 0. The molecule has 0 amide bonds. The molecule has 15 heavy (non-hydrogen) atoms. The van der Waals surface area contributed by atoms with Gasteiger partial charge in [-0.3, -0.25) is 0 Å². The molecule has 0 N–H and O–H groups in total. The van der Waals surface area contributed by atoms with Crippen molar-refractivity contribution in [3.05, 3.63) is 0 Å². The second-order valence-corrected chi connectivity index (χ2v) is 4.42. The lowest BCUT2D eigenvalue weighted by molar-refractivity contribution is 0.0642. The predicted molar refractivity (Wildman–Crippen MR) is 54.9 cm³/mol. The molecule has 0 radical (unpaired) electrons. The van der Waals surface area contributed by atoms with Crippen LogP contribution in [-0.2, 0) is 18.9 Å². The van der Waals surface area contributed by atoms with E-state index in [1.54, 1.807) is 0 Å². The first-order valence-corrected chi connectivity index (χ1v) is 5.73. The number of hydrogen-bond acceptors (Lipinski definition) is 4. The van der Waals surface area contributed by atoms with Crippen LogP contribution < -0.4 is 0 Å². The van der Waals surface area contributed by atoms with Gasteiger partial charge in [0.1, 0.15) is 12.2 Å². The summed E-state index contributed by atoms with van der Waals surface area (Å²) in [6.07, 6.45) is 1.81. The third-order valence-corrected chi connectivity index (χ3v) is 2.57. The Hall–Kier alpha value is -0.160. The molecule has 0 aromatic rings. The number of epoxide rings is 2. The molecular weight excluding hydrogens is 196 g/mol. The molecule has 2 aliphatic rings. The van der Waals surface area contributed by atoms with Gasteiger partial charge in [0.2, 0.25) is 0 Å². The molecule has 0 aromatic carbocycles. The van der Waals surface area contributed by atoms with Gasteiger partial charge in [0.05, 0.1) is 26.4 Å². The van der Waals surface area contributed by atoms with Crippen LogP contribution in [0, 0.1) is 5.92 Å². The van der Waals surface area contributed by atoms with E-state index in [4.69, 9.17) is 18.9 Å². The predicted octanol–water partition coefficient (Wildman–Crippen LogP) is 0.843. The highest BCUT2D eigenvalue weighted by atomic mass is 16.6. The summed E-state index contributed by atoms with van der Waals surface area (Å²) in [5.41, 5.74) is 0. The van der Waals surface area contributed by atoms with E-state index in [2.05, 4.69) is 6.92 Å². The van der Waals surface area contributed by atoms with E-state index in [9.17, 15) is 0 Å². The summed E-state index contributed by atoms with van der Waals surface area (Å²) in [6, 6.07) is 0. The van der Waals surface area contributed by atoms with Gasteiger partial charge in [-0.1, -0.05) is 6.92 Å². The lowest BCUT2D eigenvalue weighted by Gasteiger charge is -2.11. The maximum absolute atomic E-state index is 5.50. The molecule has 2 saturated heterocycles. The van der Waals surface area contributed by atoms with Gasteiger partial charge in [-0.05, 0) is 12.3 Å². The van der Waals surface area contributed by atoms with Gasteiger partial charge in [0.15, 0.2) is 0 Å². The highest BCUT2D eigenvalue weighted by molar-refractivity contribution is 4.68. The number of ether oxygens (including phenoxy) is 4. The lowest BCUT2D eigenvalue weighted by Crippen LogP contribution is -2.13. The molecule has 2 heterocycles. The van der Waals surface area contributed by atoms with Gasteiger partial charge < -0.3 is 18.9 Å². The van der Waals surface area contributed by atoms with Gasteiger partial charge in [0, 0.05) is 13.2 Å². The fraction of sp³-hybridized carbons (Fsp3) is 1.00. The highest BCUT2D eigenvalue weighted by Gasteiger charge is 2.23. The zero-order valence-electron chi connectivity index (χ0n) is 9.31. The summed E-state index contributed by atoms with van der Waals surface area (Å²) >= 11 is 0. The zero-order chi connectivity index (χ0) is 10.5. The highest BCUT2D eigenvalue weighted by Crippen LogP contribution is 2.11. The van der Waals surface area contributed by atoms with Crippen molar-refractivity contribution in [3.8, 4) is 0 Å². The Morgan fingerprint density at radius 3 is 2.33 bits per heavy atom. The van der Waals surface area contributed by atoms with Crippen LogP contribution in [0.25, 0.3) is 0 Å². The molecule has 0 aliphatic carbocycles. The molecule has 3 atom stereocenters. The van der Waals surface area contributed by atoms with Gasteiger partial charge >= 0.3 is 0 Å². The van der Waals surface area contributed by atoms with Gasteiger partial charge in [-0.15, -0.1) is 0 Å². The van der Waals surface area contributed by atoms with E-state index >= 15 is 0 Å². The molecule has 4 heteroatoms. The molecule has 4 nitrogen and oxygen atoms in total. The minimum Gasteiger partial charge on any atom is -0.379 e. The Labute approximate surface area is 90.8 Å². The second kappa shape index (κ2) is 5.80. The lowest BCUT2D eigenvalue weighted by atomic mass is 10.1. The second-order valence-electron chi connectivity index (χ2n) is 4.42. The van der Waals surface area contributed by atoms with Crippen LogP contribution in [0.4, 0.5) is 0 Å². The van der Waals surface area contributed by atoms with E-state index in [1.165, 1.54) is 0 Å². The summed E-state index contributed by atoms with van der Waals surface area (Å²) < 4.78 is 21.1. The topological polar surface area (TPSA) is 43.5 Å². The van der Waals surface area contributed by atoms with Crippen molar-refractivity contribution < 1.29 is 18.9 Å². The maximum Gasteiger partial charge on any atom is 0.104 e. The molecule has 3 unspecified atom stereocenters. The van der Waals surface area contributed by atoms with Crippen molar-refractivity contribution >= 4 is 0 Å². The van der Waals surface area contributed by atoms with Crippen molar-refractivity contribution in [3.63, 3.8) is 0 Å². The van der Waals surface area contributed by atoms with Crippen LogP contribution in [-0.4, -0.2) is 51.8 Å². The summed E-state index contributed by atoms with van der Waals surface area (Å²) in [6.45, 7) is 7.06. The molecule has 2 aliphatic heterocycles. The van der Waals surface area contributed by atoms with E-state index < -0.39 is 0 Å². The van der Waals surface area contributed by atoms with E-state index in [0.717, 1.165) is 46.1 Å². The number of rotatable bonds is 9. The van der Waals surface area contributed by atoms with Crippen LogP contribution in [0.5, 0.6) is 0 Å². The Morgan fingerprint density at radius 2 is 1.73 bits per heavy atom.